The molecule has 2 rings (SSSR count). The molecular weight excluding hydrogens is 284 g/mol. The molecule has 3 N–H and O–H groups in total. The molecular formula is C16H24N2O2S. The molecule has 1 fully saturated rings. The number of rotatable bonds is 5. The van der Waals surface area contributed by atoms with E-state index in [4.69, 9.17) is 22.4 Å². The van der Waals surface area contributed by atoms with Crippen LogP contribution < -0.4 is 11.1 Å². The van der Waals surface area contributed by atoms with Crippen molar-refractivity contribution < 1.29 is 9.21 Å². The molecule has 5 heteroatoms. The summed E-state index contributed by atoms with van der Waals surface area (Å²) < 4.78 is 5.32. The van der Waals surface area contributed by atoms with E-state index in [1.165, 1.54) is 0 Å². The number of nitrogens with two attached hydrogens (primary N) is 1. The molecule has 1 unspecified atom stereocenters. The Kier molecular flexibility index (Phi) is 5.39. The third-order valence-electron chi connectivity index (χ3n) is 4.33. The van der Waals surface area contributed by atoms with E-state index in [0.29, 0.717) is 11.4 Å². The number of amides is 1. The number of nitrogens with one attached hydrogen (secondary N) is 1. The Morgan fingerprint density at radius 2 is 2.10 bits per heavy atom. The van der Waals surface area contributed by atoms with Crippen LogP contribution in [0.2, 0.25) is 0 Å². The van der Waals surface area contributed by atoms with Gasteiger partial charge < -0.3 is 15.5 Å². The first kappa shape index (κ1) is 16.0. The molecule has 1 amide bonds. The minimum Gasteiger partial charge on any atom is -0.469 e. The highest BCUT2D eigenvalue weighted by Gasteiger charge is 2.41. The van der Waals surface area contributed by atoms with Crippen LogP contribution in [0.15, 0.2) is 22.8 Å². The first-order valence-corrected chi connectivity index (χ1v) is 8.09. The summed E-state index contributed by atoms with van der Waals surface area (Å²) in [7, 11) is 0. The lowest BCUT2D eigenvalue weighted by molar-refractivity contribution is -0.128. The minimum atomic E-state index is -0.663. The average Bonchev–Trinajstić information content (AvgIpc) is 2.79. The van der Waals surface area contributed by atoms with Crippen LogP contribution in [0, 0.1) is 5.41 Å². The van der Waals surface area contributed by atoms with Crippen molar-refractivity contribution in [1.29, 1.82) is 0 Å². The average molecular weight is 308 g/mol. The Morgan fingerprint density at radius 3 is 2.62 bits per heavy atom. The van der Waals surface area contributed by atoms with E-state index in [0.717, 1.165) is 44.3 Å². The highest BCUT2D eigenvalue weighted by Crippen LogP contribution is 2.36. The van der Waals surface area contributed by atoms with Gasteiger partial charge in [0.25, 0.3) is 0 Å². The summed E-state index contributed by atoms with van der Waals surface area (Å²) in [5, 5.41) is 3.07. The second kappa shape index (κ2) is 7.07. The van der Waals surface area contributed by atoms with Crippen molar-refractivity contribution in [1.82, 2.24) is 5.32 Å². The number of thiocarbonyl (C=S) groups is 1. The van der Waals surface area contributed by atoms with Gasteiger partial charge in [-0.1, -0.05) is 37.9 Å². The van der Waals surface area contributed by atoms with Gasteiger partial charge >= 0.3 is 0 Å². The molecule has 21 heavy (non-hydrogen) atoms. The summed E-state index contributed by atoms with van der Waals surface area (Å²) in [5.74, 6) is 0.851. The van der Waals surface area contributed by atoms with Crippen LogP contribution in [-0.4, -0.2) is 16.9 Å². The van der Waals surface area contributed by atoms with Crippen LogP contribution in [0.4, 0.5) is 0 Å². The summed E-state index contributed by atoms with van der Waals surface area (Å²) in [6, 6.07) is 3.77. The van der Waals surface area contributed by atoms with Crippen molar-refractivity contribution in [3.05, 3.63) is 24.2 Å². The summed E-state index contributed by atoms with van der Waals surface area (Å²) >= 11 is 5.23. The lowest BCUT2D eigenvalue weighted by Crippen LogP contribution is -2.51. The van der Waals surface area contributed by atoms with Crippen molar-refractivity contribution in [2.75, 3.05) is 0 Å². The number of hydrogen-bond acceptors (Lipinski definition) is 3. The Morgan fingerprint density at radius 1 is 1.43 bits per heavy atom. The first-order valence-electron chi connectivity index (χ1n) is 7.68. The fourth-order valence-electron chi connectivity index (χ4n) is 3.06. The molecule has 1 atom stereocenters. The minimum absolute atomic E-state index is 0.00173. The lowest BCUT2D eigenvalue weighted by atomic mass is 9.79. The third-order valence-corrected chi connectivity index (χ3v) is 4.72. The molecule has 0 saturated heterocycles. The van der Waals surface area contributed by atoms with Crippen LogP contribution in [0.5, 0.6) is 0 Å². The summed E-state index contributed by atoms with van der Waals surface area (Å²) in [6.07, 6.45) is 8.18. The number of hydrogen-bond donors (Lipinski definition) is 2. The molecule has 0 radical (unpaired) electrons. The Hall–Kier alpha value is -1.36. The van der Waals surface area contributed by atoms with Crippen molar-refractivity contribution >= 4 is 23.1 Å². The molecule has 1 saturated carbocycles. The van der Waals surface area contributed by atoms with Crippen molar-refractivity contribution in [2.45, 2.75) is 57.9 Å². The van der Waals surface area contributed by atoms with Crippen LogP contribution in [0.1, 0.15) is 51.2 Å². The Bertz CT molecular complexity index is 476. The normalized spacial score (nSPS) is 19.5. The number of carbonyl (C=O) groups is 1. The molecule has 0 aliphatic heterocycles. The van der Waals surface area contributed by atoms with Gasteiger partial charge in [-0.3, -0.25) is 4.79 Å². The number of furan rings is 1. The van der Waals surface area contributed by atoms with Gasteiger partial charge in [-0.2, -0.15) is 0 Å². The number of carbonyl (C=O) groups excluding carboxylic acids is 1. The van der Waals surface area contributed by atoms with Crippen LogP contribution in [0.3, 0.4) is 0 Å². The van der Waals surface area contributed by atoms with Gasteiger partial charge in [0.15, 0.2) is 0 Å². The van der Waals surface area contributed by atoms with E-state index in [2.05, 4.69) is 5.32 Å². The molecule has 0 aromatic carbocycles. The van der Waals surface area contributed by atoms with E-state index < -0.39 is 5.41 Å². The standard InChI is InChI=1S/C16H24N2O2S/c1-12(11-13-7-6-10-20-13)18-15(19)16(14(17)21)8-4-2-3-5-9-16/h6-7,10,12H,2-5,8-9,11H2,1H3,(H2,17,21)(H,18,19). The van der Waals surface area contributed by atoms with Crippen LogP contribution in [-0.2, 0) is 11.2 Å². The highest BCUT2D eigenvalue weighted by atomic mass is 32.1. The van der Waals surface area contributed by atoms with Gasteiger partial charge in [0.2, 0.25) is 5.91 Å². The summed E-state index contributed by atoms with van der Waals surface area (Å²) in [5.41, 5.74) is 5.27. The molecule has 1 aliphatic rings. The third kappa shape index (κ3) is 3.84. The zero-order valence-electron chi connectivity index (χ0n) is 12.6. The topological polar surface area (TPSA) is 68.3 Å². The van der Waals surface area contributed by atoms with Crippen LogP contribution in [0.25, 0.3) is 0 Å². The SMILES string of the molecule is CC(Cc1ccco1)NC(=O)C1(C(N)=S)CCCCCC1. The molecule has 1 aromatic rings. The van der Waals surface area contributed by atoms with E-state index in [-0.39, 0.29) is 11.9 Å². The quantitative estimate of drug-likeness (QED) is 0.648. The van der Waals surface area contributed by atoms with E-state index in [1.54, 1.807) is 6.26 Å². The summed E-state index contributed by atoms with van der Waals surface area (Å²) in [6.45, 7) is 1.98. The lowest BCUT2D eigenvalue weighted by Gasteiger charge is -2.31. The van der Waals surface area contributed by atoms with E-state index >= 15 is 0 Å². The van der Waals surface area contributed by atoms with Gasteiger partial charge in [-0.05, 0) is 31.9 Å². The molecule has 1 aromatic heterocycles. The maximum absolute atomic E-state index is 12.7. The molecule has 0 spiro atoms. The maximum atomic E-state index is 12.7. The predicted molar refractivity (Wildman–Crippen MR) is 86.9 cm³/mol. The smallest absolute Gasteiger partial charge is 0.233 e. The molecule has 0 bridgehead atoms. The first-order chi connectivity index (χ1) is 10.0. The van der Waals surface area contributed by atoms with Crippen molar-refractivity contribution in [3.63, 3.8) is 0 Å². The van der Waals surface area contributed by atoms with Gasteiger partial charge in [0.05, 0.1) is 16.7 Å². The molecule has 1 aliphatic carbocycles. The fourth-order valence-corrected chi connectivity index (χ4v) is 3.36. The highest BCUT2D eigenvalue weighted by molar-refractivity contribution is 7.80. The van der Waals surface area contributed by atoms with Crippen molar-refractivity contribution in [3.8, 4) is 0 Å². The zero-order chi connectivity index (χ0) is 15.3. The van der Waals surface area contributed by atoms with Gasteiger partial charge in [-0.25, -0.2) is 0 Å². The summed E-state index contributed by atoms with van der Waals surface area (Å²) in [4.78, 5) is 13.1. The van der Waals surface area contributed by atoms with Crippen molar-refractivity contribution in [2.24, 2.45) is 11.1 Å². The van der Waals surface area contributed by atoms with E-state index in [9.17, 15) is 4.79 Å². The molecule has 1 heterocycles. The molecule has 116 valence electrons. The largest absolute Gasteiger partial charge is 0.469 e. The van der Waals surface area contributed by atoms with E-state index in [1.807, 2.05) is 19.1 Å². The van der Waals surface area contributed by atoms with Gasteiger partial charge in [0, 0.05) is 12.5 Å². The predicted octanol–water partition coefficient (Wildman–Crippen LogP) is 2.95. The van der Waals surface area contributed by atoms with Crippen LogP contribution >= 0.6 is 12.2 Å². The Balaban J connectivity index is 2.02. The molecule has 4 nitrogen and oxygen atoms in total. The fraction of sp³-hybridized carbons (Fsp3) is 0.625. The second-order valence-corrected chi connectivity index (χ2v) is 6.46. The second-order valence-electron chi connectivity index (χ2n) is 6.02. The van der Waals surface area contributed by atoms with Gasteiger partial charge in [-0.15, -0.1) is 0 Å². The zero-order valence-corrected chi connectivity index (χ0v) is 13.4. The van der Waals surface area contributed by atoms with Gasteiger partial charge in [0.1, 0.15) is 5.76 Å². The maximum Gasteiger partial charge on any atom is 0.233 e. The Labute approximate surface area is 131 Å². The monoisotopic (exact) mass is 308 g/mol.